The van der Waals surface area contributed by atoms with Gasteiger partial charge < -0.3 is 10.4 Å². The fourth-order valence-electron chi connectivity index (χ4n) is 2.21. The van der Waals surface area contributed by atoms with Crippen molar-refractivity contribution in [1.29, 1.82) is 0 Å². The molecule has 6 heteroatoms. The molecule has 1 rings (SSSR count). The summed E-state index contributed by atoms with van der Waals surface area (Å²) in [5, 5.41) is 16.1. The third-order valence-electron chi connectivity index (χ3n) is 3.66. The van der Waals surface area contributed by atoms with Crippen LogP contribution in [0.2, 0.25) is 0 Å². The SMILES string of the molecule is CCC(C)C(NC(=O)c1cnn(C(C)(C)C)c1C)C(=O)O. The van der Waals surface area contributed by atoms with E-state index in [1.54, 1.807) is 4.68 Å². The number of aliphatic carboxylic acids is 1. The molecule has 1 heterocycles. The van der Waals surface area contributed by atoms with Crippen molar-refractivity contribution in [2.75, 3.05) is 0 Å². The average molecular weight is 295 g/mol. The van der Waals surface area contributed by atoms with Crippen molar-refractivity contribution in [1.82, 2.24) is 15.1 Å². The Labute approximate surface area is 125 Å². The van der Waals surface area contributed by atoms with Gasteiger partial charge in [-0.05, 0) is 33.6 Å². The predicted octanol–water partition coefficient (Wildman–Crippen LogP) is 2.18. The lowest BCUT2D eigenvalue weighted by Crippen LogP contribution is -2.45. The maximum absolute atomic E-state index is 12.3. The Balaban J connectivity index is 2.99. The summed E-state index contributed by atoms with van der Waals surface area (Å²) < 4.78 is 1.76. The minimum absolute atomic E-state index is 0.135. The second-order valence-corrected chi connectivity index (χ2v) is 6.40. The molecule has 0 aliphatic rings. The molecular weight excluding hydrogens is 270 g/mol. The van der Waals surface area contributed by atoms with Gasteiger partial charge in [-0.15, -0.1) is 0 Å². The summed E-state index contributed by atoms with van der Waals surface area (Å²) in [6.45, 7) is 11.5. The summed E-state index contributed by atoms with van der Waals surface area (Å²) in [5.74, 6) is -1.54. The fourth-order valence-corrected chi connectivity index (χ4v) is 2.21. The van der Waals surface area contributed by atoms with Gasteiger partial charge in [0.15, 0.2) is 0 Å². The van der Waals surface area contributed by atoms with Crippen molar-refractivity contribution >= 4 is 11.9 Å². The van der Waals surface area contributed by atoms with Gasteiger partial charge >= 0.3 is 5.97 Å². The molecule has 1 amide bonds. The molecule has 0 saturated heterocycles. The van der Waals surface area contributed by atoms with Crippen molar-refractivity contribution in [2.45, 2.75) is 59.5 Å². The zero-order chi connectivity index (χ0) is 16.4. The number of hydrogen-bond donors (Lipinski definition) is 2. The monoisotopic (exact) mass is 295 g/mol. The van der Waals surface area contributed by atoms with E-state index < -0.39 is 17.9 Å². The quantitative estimate of drug-likeness (QED) is 0.872. The Hall–Kier alpha value is -1.85. The van der Waals surface area contributed by atoms with E-state index in [0.717, 1.165) is 5.69 Å². The second kappa shape index (κ2) is 6.28. The van der Waals surface area contributed by atoms with Crippen LogP contribution in [0.3, 0.4) is 0 Å². The minimum Gasteiger partial charge on any atom is -0.480 e. The molecule has 2 N–H and O–H groups in total. The van der Waals surface area contributed by atoms with Crippen LogP contribution in [-0.2, 0) is 10.3 Å². The molecule has 0 fully saturated rings. The van der Waals surface area contributed by atoms with Crippen LogP contribution in [0, 0.1) is 12.8 Å². The second-order valence-electron chi connectivity index (χ2n) is 6.40. The molecule has 6 nitrogen and oxygen atoms in total. The lowest BCUT2D eigenvalue weighted by Gasteiger charge is -2.22. The van der Waals surface area contributed by atoms with Gasteiger partial charge in [0.25, 0.3) is 5.91 Å². The zero-order valence-electron chi connectivity index (χ0n) is 13.6. The van der Waals surface area contributed by atoms with E-state index in [9.17, 15) is 14.7 Å². The third kappa shape index (κ3) is 3.83. The van der Waals surface area contributed by atoms with E-state index in [0.29, 0.717) is 12.0 Å². The van der Waals surface area contributed by atoms with Crippen LogP contribution in [0.4, 0.5) is 0 Å². The standard InChI is InChI=1S/C15H25N3O3/c1-7-9(2)12(14(20)21)17-13(19)11-8-16-18(10(11)3)15(4,5)6/h8-9,12H,7H2,1-6H3,(H,17,19)(H,20,21). The molecule has 118 valence electrons. The summed E-state index contributed by atoms with van der Waals surface area (Å²) in [6, 6.07) is -0.889. The van der Waals surface area contributed by atoms with Crippen molar-refractivity contribution < 1.29 is 14.7 Å². The minimum atomic E-state index is -1.02. The van der Waals surface area contributed by atoms with Crippen molar-refractivity contribution in [2.24, 2.45) is 5.92 Å². The number of rotatable bonds is 5. The average Bonchev–Trinajstić information content (AvgIpc) is 2.76. The third-order valence-corrected chi connectivity index (χ3v) is 3.66. The fraction of sp³-hybridized carbons (Fsp3) is 0.667. The topological polar surface area (TPSA) is 84.2 Å². The number of amides is 1. The summed E-state index contributed by atoms with van der Waals surface area (Å²) >= 11 is 0. The zero-order valence-corrected chi connectivity index (χ0v) is 13.6. The Bertz CT molecular complexity index is 529. The van der Waals surface area contributed by atoms with Crippen LogP contribution >= 0.6 is 0 Å². The van der Waals surface area contributed by atoms with Gasteiger partial charge in [0.2, 0.25) is 0 Å². The summed E-state index contributed by atoms with van der Waals surface area (Å²) in [7, 11) is 0. The number of carbonyl (C=O) groups excluding carboxylic acids is 1. The van der Waals surface area contributed by atoms with Gasteiger partial charge in [0.1, 0.15) is 6.04 Å². The van der Waals surface area contributed by atoms with E-state index in [1.165, 1.54) is 6.20 Å². The number of aromatic nitrogens is 2. The molecule has 2 unspecified atom stereocenters. The molecule has 0 spiro atoms. The molecule has 0 radical (unpaired) electrons. The van der Waals surface area contributed by atoms with Gasteiger partial charge in [0, 0.05) is 5.69 Å². The molecule has 0 aromatic carbocycles. The number of carbonyl (C=O) groups is 2. The normalized spacial score (nSPS) is 14.6. The summed E-state index contributed by atoms with van der Waals surface area (Å²) in [5.41, 5.74) is 0.915. The van der Waals surface area contributed by atoms with E-state index in [2.05, 4.69) is 10.4 Å². The van der Waals surface area contributed by atoms with Gasteiger partial charge in [0.05, 0.1) is 17.3 Å². The van der Waals surface area contributed by atoms with Crippen molar-refractivity contribution in [3.63, 3.8) is 0 Å². The highest BCUT2D eigenvalue weighted by Crippen LogP contribution is 2.18. The summed E-state index contributed by atoms with van der Waals surface area (Å²) in [6.07, 6.45) is 2.17. The molecule has 0 bridgehead atoms. The maximum atomic E-state index is 12.3. The van der Waals surface area contributed by atoms with Gasteiger partial charge in [-0.1, -0.05) is 20.3 Å². The Morgan fingerprint density at radius 2 is 2.00 bits per heavy atom. The van der Waals surface area contributed by atoms with E-state index >= 15 is 0 Å². The first-order chi connectivity index (χ1) is 9.59. The first-order valence-corrected chi connectivity index (χ1v) is 7.18. The molecular formula is C15H25N3O3. The maximum Gasteiger partial charge on any atom is 0.326 e. The van der Waals surface area contributed by atoms with E-state index in [4.69, 9.17) is 0 Å². The van der Waals surface area contributed by atoms with Crippen LogP contribution in [0.15, 0.2) is 6.20 Å². The van der Waals surface area contributed by atoms with Crippen molar-refractivity contribution in [3.8, 4) is 0 Å². The smallest absolute Gasteiger partial charge is 0.326 e. The molecule has 1 aromatic heterocycles. The van der Waals surface area contributed by atoms with E-state index in [-0.39, 0.29) is 11.5 Å². The van der Waals surface area contributed by atoms with E-state index in [1.807, 2.05) is 41.5 Å². The first-order valence-electron chi connectivity index (χ1n) is 7.18. The molecule has 2 atom stereocenters. The Morgan fingerprint density at radius 1 is 1.43 bits per heavy atom. The summed E-state index contributed by atoms with van der Waals surface area (Å²) in [4.78, 5) is 23.6. The van der Waals surface area contributed by atoms with Crippen molar-refractivity contribution in [3.05, 3.63) is 17.5 Å². The highest BCUT2D eigenvalue weighted by atomic mass is 16.4. The Morgan fingerprint density at radius 3 is 2.38 bits per heavy atom. The highest BCUT2D eigenvalue weighted by Gasteiger charge is 2.28. The van der Waals surface area contributed by atoms with Crippen LogP contribution in [0.1, 0.15) is 57.1 Å². The number of carboxylic acids is 1. The largest absolute Gasteiger partial charge is 0.480 e. The lowest BCUT2D eigenvalue weighted by atomic mass is 9.99. The predicted molar refractivity (Wildman–Crippen MR) is 80.3 cm³/mol. The number of hydrogen-bond acceptors (Lipinski definition) is 3. The lowest BCUT2D eigenvalue weighted by molar-refractivity contribution is -0.140. The number of nitrogens with one attached hydrogen (secondary N) is 1. The first kappa shape index (κ1) is 17.2. The molecule has 1 aromatic rings. The van der Waals surface area contributed by atoms with Gasteiger partial charge in [-0.3, -0.25) is 9.48 Å². The Kier molecular flexibility index (Phi) is 5.15. The van der Waals surface area contributed by atoms with Crippen LogP contribution in [0.25, 0.3) is 0 Å². The molecule has 0 aliphatic heterocycles. The molecule has 0 aliphatic carbocycles. The van der Waals surface area contributed by atoms with Crippen LogP contribution < -0.4 is 5.32 Å². The molecule has 21 heavy (non-hydrogen) atoms. The number of nitrogens with zero attached hydrogens (tertiary/aromatic N) is 2. The van der Waals surface area contributed by atoms with Crippen LogP contribution in [0.5, 0.6) is 0 Å². The molecule has 0 saturated carbocycles. The van der Waals surface area contributed by atoms with Gasteiger partial charge in [-0.2, -0.15) is 5.10 Å². The number of carboxylic acid groups (broad SMARTS) is 1. The highest BCUT2D eigenvalue weighted by molar-refractivity contribution is 5.97. The van der Waals surface area contributed by atoms with Gasteiger partial charge in [-0.25, -0.2) is 4.79 Å². The van der Waals surface area contributed by atoms with Crippen LogP contribution in [-0.4, -0.2) is 32.8 Å².